The summed E-state index contributed by atoms with van der Waals surface area (Å²) in [5.74, 6) is -0.163. The number of carbonyl (C=O) groups is 1. The van der Waals surface area contributed by atoms with E-state index in [9.17, 15) is 13.2 Å². The first kappa shape index (κ1) is 19.0. The summed E-state index contributed by atoms with van der Waals surface area (Å²) in [6.45, 7) is 0.280. The zero-order chi connectivity index (χ0) is 20.3. The van der Waals surface area contributed by atoms with Crippen molar-refractivity contribution < 1.29 is 17.7 Å². The Morgan fingerprint density at radius 2 is 1.90 bits per heavy atom. The Hall–Kier alpha value is -3.31. The van der Waals surface area contributed by atoms with Crippen LogP contribution in [0.2, 0.25) is 0 Å². The highest BCUT2D eigenvalue weighted by atomic mass is 32.2. The number of sulfonamides is 1. The lowest BCUT2D eigenvalue weighted by Crippen LogP contribution is -2.47. The van der Waals surface area contributed by atoms with Gasteiger partial charge in [0.15, 0.2) is 0 Å². The first-order valence-electron chi connectivity index (χ1n) is 8.92. The molecule has 0 saturated carbocycles. The lowest BCUT2D eigenvalue weighted by atomic mass is 10.2. The van der Waals surface area contributed by atoms with Gasteiger partial charge in [0.2, 0.25) is 15.8 Å². The Morgan fingerprint density at radius 1 is 1.14 bits per heavy atom. The monoisotopic (exact) mass is 414 g/mol. The van der Waals surface area contributed by atoms with Crippen LogP contribution < -0.4 is 10.9 Å². The van der Waals surface area contributed by atoms with Crippen LogP contribution in [-0.4, -0.2) is 46.3 Å². The SMILES string of the molecule is O=C(NNc1nc(-c2ccncc2)no1)C1CCCN1S(=O)(=O)c1ccccc1. The van der Waals surface area contributed by atoms with Crippen molar-refractivity contribution in [1.82, 2.24) is 24.9 Å². The van der Waals surface area contributed by atoms with Gasteiger partial charge < -0.3 is 4.52 Å². The standard InChI is InChI=1S/C18H18N6O4S/c25-17(21-22-18-20-16(23-28-18)13-8-10-19-11-9-13)15-7-4-12-24(15)29(26,27)14-5-2-1-3-6-14/h1-3,5-6,8-11,15H,4,7,12H2,(H,21,25)(H,20,22,23). The number of hydrazine groups is 1. The molecule has 1 fully saturated rings. The first-order chi connectivity index (χ1) is 14.1. The Kier molecular flexibility index (Phi) is 5.23. The van der Waals surface area contributed by atoms with E-state index < -0.39 is 22.0 Å². The number of pyridine rings is 1. The van der Waals surface area contributed by atoms with Gasteiger partial charge in [0, 0.05) is 24.5 Å². The predicted octanol–water partition coefficient (Wildman–Crippen LogP) is 1.43. The van der Waals surface area contributed by atoms with Gasteiger partial charge in [-0.15, -0.1) is 0 Å². The van der Waals surface area contributed by atoms with Crippen LogP contribution in [0.5, 0.6) is 0 Å². The molecule has 0 radical (unpaired) electrons. The van der Waals surface area contributed by atoms with Crippen LogP contribution in [0.15, 0.2) is 64.3 Å². The van der Waals surface area contributed by atoms with E-state index >= 15 is 0 Å². The maximum absolute atomic E-state index is 12.9. The lowest BCUT2D eigenvalue weighted by molar-refractivity contribution is -0.123. The molecule has 29 heavy (non-hydrogen) atoms. The second-order valence-electron chi connectivity index (χ2n) is 6.36. The van der Waals surface area contributed by atoms with Crippen molar-refractivity contribution in [3.05, 3.63) is 54.9 Å². The fourth-order valence-electron chi connectivity index (χ4n) is 3.11. The molecule has 3 heterocycles. The molecule has 1 atom stereocenters. The van der Waals surface area contributed by atoms with Gasteiger partial charge in [0.1, 0.15) is 6.04 Å². The third-order valence-electron chi connectivity index (χ3n) is 4.51. The van der Waals surface area contributed by atoms with Gasteiger partial charge in [-0.3, -0.25) is 15.2 Å². The van der Waals surface area contributed by atoms with Crippen LogP contribution in [0.25, 0.3) is 11.4 Å². The van der Waals surface area contributed by atoms with Crippen molar-refractivity contribution in [2.75, 3.05) is 12.0 Å². The number of hydrogen-bond acceptors (Lipinski definition) is 8. The van der Waals surface area contributed by atoms with E-state index in [2.05, 4.69) is 26.0 Å². The zero-order valence-electron chi connectivity index (χ0n) is 15.2. The summed E-state index contributed by atoms with van der Waals surface area (Å²) in [4.78, 5) is 20.8. The van der Waals surface area contributed by atoms with E-state index in [4.69, 9.17) is 4.52 Å². The molecule has 1 aromatic carbocycles. The van der Waals surface area contributed by atoms with Crippen LogP contribution >= 0.6 is 0 Å². The molecule has 0 bridgehead atoms. The third kappa shape index (κ3) is 3.96. The third-order valence-corrected chi connectivity index (χ3v) is 6.44. The number of amides is 1. The Morgan fingerprint density at radius 3 is 2.66 bits per heavy atom. The number of carbonyl (C=O) groups excluding carboxylic acids is 1. The highest BCUT2D eigenvalue weighted by Gasteiger charge is 2.39. The molecule has 1 unspecified atom stereocenters. The van der Waals surface area contributed by atoms with Gasteiger partial charge >= 0.3 is 6.01 Å². The Labute approximate surface area is 167 Å². The molecule has 1 aliphatic heterocycles. The number of rotatable bonds is 6. The van der Waals surface area contributed by atoms with Gasteiger partial charge in [-0.05, 0) is 37.1 Å². The minimum Gasteiger partial charge on any atom is -0.313 e. The van der Waals surface area contributed by atoms with E-state index in [1.807, 2.05) is 0 Å². The molecule has 4 rings (SSSR count). The Bertz CT molecular complexity index is 1090. The highest BCUT2D eigenvalue weighted by Crippen LogP contribution is 2.26. The summed E-state index contributed by atoms with van der Waals surface area (Å²) in [5, 5.41) is 3.82. The van der Waals surface area contributed by atoms with Gasteiger partial charge in [-0.25, -0.2) is 13.8 Å². The zero-order valence-corrected chi connectivity index (χ0v) is 16.0. The van der Waals surface area contributed by atoms with Crippen LogP contribution in [0.1, 0.15) is 12.8 Å². The average Bonchev–Trinajstić information content (AvgIpc) is 3.43. The lowest BCUT2D eigenvalue weighted by Gasteiger charge is -2.23. The molecular formula is C18H18N6O4S. The quantitative estimate of drug-likeness (QED) is 0.579. The number of hydrogen-bond donors (Lipinski definition) is 2. The second-order valence-corrected chi connectivity index (χ2v) is 8.25. The molecule has 10 nitrogen and oxygen atoms in total. The number of anilines is 1. The van der Waals surface area contributed by atoms with Crippen molar-refractivity contribution in [2.24, 2.45) is 0 Å². The minimum atomic E-state index is -3.76. The van der Waals surface area contributed by atoms with Crippen molar-refractivity contribution in [3.8, 4) is 11.4 Å². The van der Waals surface area contributed by atoms with Gasteiger partial charge in [-0.1, -0.05) is 23.4 Å². The normalized spacial score (nSPS) is 17.2. The average molecular weight is 414 g/mol. The smallest absolute Gasteiger partial charge is 0.313 e. The molecule has 0 spiro atoms. The predicted molar refractivity (Wildman–Crippen MR) is 103 cm³/mol. The summed E-state index contributed by atoms with van der Waals surface area (Å²) >= 11 is 0. The molecule has 2 N–H and O–H groups in total. The number of nitrogens with zero attached hydrogens (tertiary/aromatic N) is 4. The van der Waals surface area contributed by atoms with Crippen molar-refractivity contribution in [2.45, 2.75) is 23.8 Å². The Balaban J connectivity index is 1.43. The van der Waals surface area contributed by atoms with Crippen LogP contribution in [0.4, 0.5) is 6.01 Å². The fraction of sp³-hybridized carbons (Fsp3) is 0.222. The molecule has 3 aromatic rings. The second kappa shape index (κ2) is 7.97. The van der Waals surface area contributed by atoms with Gasteiger partial charge in [0.25, 0.3) is 5.91 Å². The van der Waals surface area contributed by atoms with Crippen molar-refractivity contribution in [1.29, 1.82) is 0 Å². The highest BCUT2D eigenvalue weighted by molar-refractivity contribution is 7.89. The molecular weight excluding hydrogens is 396 g/mol. The summed E-state index contributed by atoms with van der Waals surface area (Å²) in [6.07, 6.45) is 4.22. The van der Waals surface area contributed by atoms with Crippen molar-refractivity contribution in [3.63, 3.8) is 0 Å². The topological polar surface area (TPSA) is 130 Å². The summed E-state index contributed by atoms with van der Waals surface area (Å²) in [6, 6.07) is 10.7. The number of nitrogens with one attached hydrogen (secondary N) is 2. The molecule has 1 saturated heterocycles. The van der Waals surface area contributed by atoms with Crippen molar-refractivity contribution >= 4 is 21.9 Å². The van der Waals surface area contributed by atoms with Crippen LogP contribution in [0.3, 0.4) is 0 Å². The van der Waals surface area contributed by atoms with Crippen LogP contribution in [-0.2, 0) is 14.8 Å². The molecule has 150 valence electrons. The maximum Gasteiger partial charge on any atom is 0.340 e. The molecule has 1 aliphatic rings. The van der Waals surface area contributed by atoms with E-state index in [0.717, 1.165) is 0 Å². The first-order valence-corrected chi connectivity index (χ1v) is 10.4. The molecule has 1 amide bonds. The van der Waals surface area contributed by atoms with Gasteiger partial charge in [0.05, 0.1) is 4.90 Å². The summed E-state index contributed by atoms with van der Waals surface area (Å²) in [5.41, 5.74) is 5.71. The molecule has 11 heteroatoms. The van der Waals surface area contributed by atoms with Crippen LogP contribution in [0, 0.1) is 0 Å². The van der Waals surface area contributed by atoms with E-state index in [1.165, 1.54) is 16.4 Å². The summed E-state index contributed by atoms with van der Waals surface area (Å²) < 4.78 is 32.0. The fourth-order valence-corrected chi connectivity index (χ4v) is 4.79. The minimum absolute atomic E-state index is 0.0133. The summed E-state index contributed by atoms with van der Waals surface area (Å²) in [7, 11) is -3.76. The van der Waals surface area contributed by atoms with E-state index in [-0.39, 0.29) is 17.5 Å². The van der Waals surface area contributed by atoms with E-state index in [1.54, 1.807) is 42.7 Å². The maximum atomic E-state index is 12.9. The largest absolute Gasteiger partial charge is 0.340 e. The molecule has 2 aromatic heterocycles. The molecule has 0 aliphatic carbocycles. The number of aromatic nitrogens is 3. The van der Waals surface area contributed by atoms with Gasteiger partial charge in [-0.2, -0.15) is 9.29 Å². The van der Waals surface area contributed by atoms with E-state index in [0.29, 0.717) is 24.2 Å². The number of benzene rings is 1.